The van der Waals surface area contributed by atoms with E-state index in [1.165, 1.54) is 6.07 Å². The molecule has 0 radical (unpaired) electrons. The molecule has 0 spiro atoms. The number of aliphatic hydroxyl groups excluding tert-OH is 1. The molecule has 1 aromatic rings. The summed E-state index contributed by atoms with van der Waals surface area (Å²) >= 11 is 1.09. The molecule has 3 nitrogen and oxygen atoms in total. The molecule has 0 aliphatic rings. The van der Waals surface area contributed by atoms with Crippen molar-refractivity contribution in [2.24, 2.45) is 0 Å². The van der Waals surface area contributed by atoms with Gasteiger partial charge >= 0.3 is 5.97 Å². The Morgan fingerprint density at radius 2 is 2.11 bits per heavy atom. The van der Waals surface area contributed by atoms with Crippen molar-refractivity contribution in [3.05, 3.63) is 29.6 Å². The first-order chi connectivity index (χ1) is 8.69. The fourth-order valence-corrected chi connectivity index (χ4v) is 2.10. The van der Waals surface area contributed by atoms with Crippen LogP contribution in [0.25, 0.3) is 0 Å². The van der Waals surface area contributed by atoms with E-state index in [2.05, 4.69) is 0 Å². The molecular formula is C14H19FO3S. The molecule has 106 valence electrons. The Hall–Kier alpha value is -1.07. The number of esters is 1. The van der Waals surface area contributed by atoms with Crippen molar-refractivity contribution in [3.8, 4) is 0 Å². The number of carbonyl (C=O) groups is 1. The zero-order chi connectivity index (χ0) is 14.6. The lowest BCUT2D eigenvalue weighted by Crippen LogP contribution is -2.24. The second-order valence-electron chi connectivity index (χ2n) is 5.24. The Labute approximate surface area is 117 Å². The average Bonchev–Trinajstić information content (AvgIpc) is 2.24. The van der Waals surface area contributed by atoms with Gasteiger partial charge in [-0.15, -0.1) is 11.8 Å². The number of halogens is 1. The van der Waals surface area contributed by atoms with E-state index in [4.69, 9.17) is 4.74 Å². The van der Waals surface area contributed by atoms with E-state index in [0.29, 0.717) is 10.5 Å². The van der Waals surface area contributed by atoms with Gasteiger partial charge in [-0.1, -0.05) is 6.07 Å². The van der Waals surface area contributed by atoms with Gasteiger partial charge in [-0.05, 0) is 45.4 Å². The number of carbonyl (C=O) groups excluding carboxylic acids is 1. The molecule has 1 atom stereocenters. The molecule has 1 N–H and O–H groups in total. The van der Waals surface area contributed by atoms with Crippen molar-refractivity contribution in [2.75, 3.05) is 5.75 Å². The summed E-state index contributed by atoms with van der Waals surface area (Å²) in [5.41, 5.74) is -0.0223. The average molecular weight is 286 g/mol. The molecule has 0 bridgehead atoms. The number of thioether (sulfide) groups is 1. The smallest absolute Gasteiger partial charge is 0.316 e. The zero-order valence-electron chi connectivity index (χ0n) is 11.6. The summed E-state index contributed by atoms with van der Waals surface area (Å²) in [7, 11) is 0. The minimum atomic E-state index is -0.709. The first kappa shape index (κ1) is 16.0. The summed E-state index contributed by atoms with van der Waals surface area (Å²) in [6, 6.07) is 4.49. The first-order valence-electron chi connectivity index (χ1n) is 6.01. The molecule has 19 heavy (non-hydrogen) atoms. The number of ether oxygens (including phenoxy) is 1. The fraction of sp³-hybridized carbons (Fsp3) is 0.500. The van der Waals surface area contributed by atoms with Gasteiger partial charge in [-0.3, -0.25) is 4.79 Å². The molecule has 0 saturated heterocycles. The van der Waals surface area contributed by atoms with Crippen LogP contribution in [0.3, 0.4) is 0 Å². The van der Waals surface area contributed by atoms with Crippen molar-refractivity contribution in [2.45, 2.75) is 44.3 Å². The van der Waals surface area contributed by atoms with Crippen LogP contribution in [-0.2, 0) is 9.53 Å². The molecule has 0 fully saturated rings. The van der Waals surface area contributed by atoms with Gasteiger partial charge in [-0.25, -0.2) is 4.39 Å². The Balaban J connectivity index is 2.61. The highest BCUT2D eigenvalue weighted by molar-refractivity contribution is 8.00. The standard InChI is InChI=1S/C14H19FO3S/c1-9(16)10-5-6-12(11(15)7-10)19-8-13(17)18-14(2,3)4/h5-7,9,16H,8H2,1-4H3/t9-/m1/s1. The quantitative estimate of drug-likeness (QED) is 0.681. The molecule has 0 aromatic heterocycles. The van der Waals surface area contributed by atoms with Crippen molar-refractivity contribution in [3.63, 3.8) is 0 Å². The molecule has 5 heteroatoms. The molecule has 0 aliphatic carbocycles. The molecule has 0 amide bonds. The van der Waals surface area contributed by atoms with Crippen molar-refractivity contribution in [1.82, 2.24) is 0 Å². The number of hydrogen-bond donors (Lipinski definition) is 1. The second kappa shape index (κ2) is 6.39. The minimum absolute atomic E-state index is 0.0578. The monoisotopic (exact) mass is 286 g/mol. The maximum absolute atomic E-state index is 13.7. The Kier molecular flexibility index (Phi) is 5.38. The van der Waals surface area contributed by atoms with Gasteiger partial charge in [0, 0.05) is 4.90 Å². The summed E-state index contributed by atoms with van der Waals surface area (Å²) in [5.74, 6) is -0.758. The lowest BCUT2D eigenvalue weighted by Gasteiger charge is -2.19. The summed E-state index contributed by atoms with van der Waals surface area (Å²) in [5, 5.41) is 9.34. The third kappa shape index (κ3) is 5.61. The fourth-order valence-electron chi connectivity index (χ4n) is 1.40. The van der Waals surface area contributed by atoms with Gasteiger partial charge in [-0.2, -0.15) is 0 Å². The SMILES string of the molecule is C[C@@H](O)c1ccc(SCC(=O)OC(C)(C)C)c(F)c1. The van der Waals surface area contributed by atoms with Crippen LogP contribution in [0.2, 0.25) is 0 Å². The third-order valence-corrected chi connectivity index (χ3v) is 3.23. The van der Waals surface area contributed by atoms with E-state index in [0.717, 1.165) is 11.8 Å². The van der Waals surface area contributed by atoms with Crippen LogP contribution in [0.5, 0.6) is 0 Å². The van der Waals surface area contributed by atoms with Gasteiger partial charge in [0.25, 0.3) is 0 Å². The number of benzene rings is 1. The zero-order valence-corrected chi connectivity index (χ0v) is 12.4. The largest absolute Gasteiger partial charge is 0.459 e. The summed E-state index contributed by atoms with van der Waals surface area (Å²) in [6.45, 7) is 6.93. The van der Waals surface area contributed by atoms with Crippen LogP contribution in [0.15, 0.2) is 23.1 Å². The van der Waals surface area contributed by atoms with Crippen LogP contribution in [0.4, 0.5) is 4.39 Å². The Bertz CT molecular complexity index is 452. The number of rotatable bonds is 4. The number of aliphatic hydroxyl groups is 1. The number of hydrogen-bond acceptors (Lipinski definition) is 4. The summed E-state index contributed by atoms with van der Waals surface area (Å²) in [4.78, 5) is 11.9. The van der Waals surface area contributed by atoms with E-state index in [1.807, 2.05) is 0 Å². The maximum Gasteiger partial charge on any atom is 0.316 e. The normalized spacial score (nSPS) is 13.2. The Morgan fingerprint density at radius 1 is 1.47 bits per heavy atom. The van der Waals surface area contributed by atoms with Crippen molar-refractivity contribution < 1.29 is 19.0 Å². The van der Waals surface area contributed by atoms with Gasteiger partial charge in [0.15, 0.2) is 0 Å². The van der Waals surface area contributed by atoms with Gasteiger partial charge in [0.05, 0.1) is 11.9 Å². The predicted octanol–water partition coefficient (Wildman–Crippen LogP) is 3.31. The predicted molar refractivity (Wildman–Crippen MR) is 73.6 cm³/mol. The van der Waals surface area contributed by atoms with Crippen molar-refractivity contribution in [1.29, 1.82) is 0 Å². The van der Waals surface area contributed by atoms with Gasteiger partial charge in [0.2, 0.25) is 0 Å². The summed E-state index contributed by atoms with van der Waals surface area (Å²) in [6.07, 6.45) is -0.709. The van der Waals surface area contributed by atoms with Crippen LogP contribution < -0.4 is 0 Å². The van der Waals surface area contributed by atoms with Crippen LogP contribution >= 0.6 is 11.8 Å². The highest BCUT2D eigenvalue weighted by Crippen LogP contribution is 2.25. The van der Waals surface area contributed by atoms with Crippen molar-refractivity contribution >= 4 is 17.7 Å². The van der Waals surface area contributed by atoms with Gasteiger partial charge in [0.1, 0.15) is 11.4 Å². The third-order valence-electron chi connectivity index (χ3n) is 2.20. The molecule has 0 aliphatic heterocycles. The highest BCUT2D eigenvalue weighted by Gasteiger charge is 2.17. The van der Waals surface area contributed by atoms with E-state index in [1.54, 1.807) is 39.8 Å². The molecule has 1 rings (SSSR count). The van der Waals surface area contributed by atoms with Gasteiger partial charge < -0.3 is 9.84 Å². The molecule has 0 unspecified atom stereocenters. The summed E-state index contributed by atoms with van der Waals surface area (Å²) < 4.78 is 18.9. The van der Waals surface area contributed by atoms with E-state index < -0.39 is 17.5 Å². The Morgan fingerprint density at radius 3 is 2.58 bits per heavy atom. The molecular weight excluding hydrogens is 267 g/mol. The maximum atomic E-state index is 13.7. The topological polar surface area (TPSA) is 46.5 Å². The van der Waals surface area contributed by atoms with E-state index in [9.17, 15) is 14.3 Å². The molecule has 0 saturated carbocycles. The lowest BCUT2D eigenvalue weighted by atomic mass is 10.1. The molecule has 1 aromatic carbocycles. The van der Waals surface area contributed by atoms with Crippen LogP contribution in [0, 0.1) is 5.82 Å². The van der Waals surface area contributed by atoms with Crippen LogP contribution in [0.1, 0.15) is 39.4 Å². The van der Waals surface area contributed by atoms with E-state index >= 15 is 0 Å². The second-order valence-corrected chi connectivity index (χ2v) is 6.26. The first-order valence-corrected chi connectivity index (χ1v) is 7.00. The lowest BCUT2D eigenvalue weighted by molar-refractivity contribution is -0.151. The minimum Gasteiger partial charge on any atom is -0.459 e. The highest BCUT2D eigenvalue weighted by atomic mass is 32.2. The molecule has 0 heterocycles. The van der Waals surface area contributed by atoms with E-state index in [-0.39, 0.29) is 11.7 Å². The van der Waals surface area contributed by atoms with Crippen LogP contribution in [-0.4, -0.2) is 22.4 Å².